The first-order chi connectivity index (χ1) is 16.4. The highest BCUT2D eigenvalue weighted by Crippen LogP contribution is 2.29. The van der Waals surface area contributed by atoms with Crippen LogP contribution in [0.15, 0.2) is 48.5 Å². The molecule has 0 saturated carbocycles. The van der Waals surface area contributed by atoms with E-state index in [9.17, 15) is 19.2 Å². The molecule has 2 aliphatic rings. The minimum Gasteiger partial charge on any atom is -0.497 e. The summed E-state index contributed by atoms with van der Waals surface area (Å²) >= 11 is 0. The molecular weight excluding hydrogens is 440 g/mol. The Morgan fingerprint density at radius 2 is 1.74 bits per heavy atom. The molecule has 3 amide bonds. The summed E-state index contributed by atoms with van der Waals surface area (Å²) in [4.78, 5) is 53.4. The van der Waals surface area contributed by atoms with Crippen molar-refractivity contribution in [2.45, 2.75) is 38.3 Å². The van der Waals surface area contributed by atoms with Crippen LogP contribution >= 0.6 is 0 Å². The molecule has 2 aromatic rings. The summed E-state index contributed by atoms with van der Waals surface area (Å²) in [6.45, 7) is 2.11. The number of esters is 1. The molecule has 178 valence electrons. The van der Waals surface area contributed by atoms with Gasteiger partial charge in [0.25, 0.3) is 11.8 Å². The second kappa shape index (κ2) is 10.0. The standard InChI is InChI=1S/C25H26N2O7/c1-16(28)34-20-11-7-18(8-12-20)27-23(29)14-22(25(27)31)26(15-21-4-3-13-33-21)24(30)17-5-9-19(32-2)10-6-17/h5-12,21-22H,3-4,13-15H2,1-2H3. The highest BCUT2D eigenvalue weighted by Gasteiger charge is 2.45. The molecule has 2 fully saturated rings. The first-order valence-electron chi connectivity index (χ1n) is 11.1. The van der Waals surface area contributed by atoms with Crippen molar-refractivity contribution in [3.8, 4) is 11.5 Å². The first kappa shape index (κ1) is 23.4. The van der Waals surface area contributed by atoms with Gasteiger partial charge in [-0.25, -0.2) is 4.90 Å². The number of carbonyl (C=O) groups is 4. The number of benzene rings is 2. The van der Waals surface area contributed by atoms with Gasteiger partial charge in [-0.2, -0.15) is 0 Å². The van der Waals surface area contributed by atoms with Crippen LogP contribution in [0.3, 0.4) is 0 Å². The number of hydrogen-bond donors (Lipinski definition) is 0. The van der Waals surface area contributed by atoms with E-state index in [1.54, 1.807) is 24.3 Å². The Morgan fingerprint density at radius 1 is 1.06 bits per heavy atom. The van der Waals surface area contributed by atoms with Crippen molar-refractivity contribution >= 4 is 29.4 Å². The van der Waals surface area contributed by atoms with Crippen molar-refractivity contribution < 1.29 is 33.4 Å². The fraction of sp³-hybridized carbons (Fsp3) is 0.360. The Morgan fingerprint density at radius 3 is 2.32 bits per heavy atom. The number of carbonyl (C=O) groups excluding carboxylic acids is 4. The number of hydrogen-bond acceptors (Lipinski definition) is 7. The van der Waals surface area contributed by atoms with E-state index >= 15 is 0 Å². The molecule has 9 heteroatoms. The summed E-state index contributed by atoms with van der Waals surface area (Å²) in [5.74, 6) is -0.793. The van der Waals surface area contributed by atoms with Crippen LogP contribution in [0.25, 0.3) is 0 Å². The highest BCUT2D eigenvalue weighted by atomic mass is 16.5. The molecule has 0 aromatic heterocycles. The zero-order chi connectivity index (χ0) is 24.2. The number of ether oxygens (including phenoxy) is 3. The van der Waals surface area contributed by atoms with Gasteiger partial charge in [0.2, 0.25) is 5.91 Å². The Hall–Kier alpha value is -3.72. The molecule has 0 radical (unpaired) electrons. The van der Waals surface area contributed by atoms with Gasteiger partial charge in [-0.15, -0.1) is 0 Å². The van der Waals surface area contributed by atoms with Crippen molar-refractivity contribution in [3.63, 3.8) is 0 Å². The van der Waals surface area contributed by atoms with Crippen molar-refractivity contribution in [1.29, 1.82) is 0 Å². The Balaban J connectivity index is 1.59. The van der Waals surface area contributed by atoms with E-state index in [-0.39, 0.29) is 25.0 Å². The number of rotatable bonds is 7. The molecule has 4 rings (SSSR count). The summed E-state index contributed by atoms with van der Waals surface area (Å²) in [5.41, 5.74) is 0.741. The molecule has 2 heterocycles. The van der Waals surface area contributed by atoms with E-state index in [1.165, 1.54) is 43.2 Å². The molecule has 9 nitrogen and oxygen atoms in total. The smallest absolute Gasteiger partial charge is 0.308 e. The van der Waals surface area contributed by atoms with E-state index < -0.39 is 23.8 Å². The zero-order valence-electron chi connectivity index (χ0n) is 19.1. The van der Waals surface area contributed by atoms with Gasteiger partial charge in [0.05, 0.1) is 25.3 Å². The molecule has 0 spiro atoms. The van der Waals surface area contributed by atoms with Gasteiger partial charge in [0, 0.05) is 25.6 Å². The third-order valence-corrected chi connectivity index (χ3v) is 5.88. The van der Waals surface area contributed by atoms with Gasteiger partial charge < -0.3 is 19.1 Å². The molecule has 2 aromatic carbocycles. The van der Waals surface area contributed by atoms with Crippen LogP contribution in [0.4, 0.5) is 5.69 Å². The molecule has 2 unspecified atom stereocenters. The lowest BCUT2D eigenvalue weighted by molar-refractivity contribution is -0.132. The maximum Gasteiger partial charge on any atom is 0.308 e. The topological polar surface area (TPSA) is 102 Å². The van der Waals surface area contributed by atoms with Crippen LogP contribution in [0.2, 0.25) is 0 Å². The summed E-state index contributed by atoms with van der Waals surface area (Å²) in [7, 11) is 1.54. The monoisotopic (exact) mass is 466 g/mol. The van der Waals surface area contributed by atoms with Gasteiger partial charge >= 0.3 is 5.97 Å². The van der Waals surface area contributed by atoms with Crippen LogP contribution < -0.4 is 14.4 Å². The minimum atomic E-state index is -0.945. The normalized spacial score (nSPS) is 19.9. The second-order valence-corrected chi connectivity index (χ2v) is 8.20. The largest absolute Gasteiger partial charge is 0.497 e. The van der Waals surface area contributed by atoms with E-state index in [1.807, 2.05) is 0 Å². The number of anilines is 1. The fourth-order valence-corrected chi connectivity index (χ4v) is 4.22. The Kier molecular flexibility index (Phi) is 6.93. The maximum absolute atomic E-state index is 13.5. The quantitative estimate of drug-likeness (QED) is 0.351. The molecule has 34 heavy (non-hydrogen) atoms. The van der Waals surface area contributed by atoms with E-state index in [4.69, 9.17) is 14.2 Å². The predicted molar refractivity (Wildman–Crippen MR) is 122 cm³/mol. The molecule has 2 aliphatic heterocycles. The minimum absolute atomic E-state index is 0.126. The molecule has 2 saturated heterocycles. The Labute approximate surface area is 197 Å². The van der Waals surface area contributed by atoms with E-state index in [0.717, 1.165) is 17.7 Å². The third kappa shape index (κ3) is 4.94. The van der Waals surface area contributed by atoms with Gasteiger partial charge in [-0.05, 0) is 61.4 Å². The van der Waals surface area contributed by atoms with Gasteiger partial charge in [0.15, 0.2) is 0 Å². The van der Waals surface area contributed by atoms with Gasteiger partial charge in [-0.3, -0.25) is 19.2 Å². The van der Waals surface area contributed by atoms with Crippen molar-refractivity contribution in [3.05, 3.63) is 54.1 Å². The van der Waals surface area contributed by atoms with Crippen LogP contribution in [0, 0.1) is 0 Å². The number of imide groups is 1. The van der Waals surface area contributed by atoms with Crippen molar-refractivity contribution in [2.24, 2.45) is 0 Å². The first-order valence-corrected chi connectivity index (χ1v) is 11.1. The van der Waals surface area contributed by atoms with Crippen LogP contribution in [0.5, 0.6) is 11.5 Å². The lowest BCUT2D eigenvalue weighted by Gasteiger charge is -2.30. The van der Waals surface area contributed by atoms with Crippen molar-refractivity contribution in [1.82, 2.24) is 4.90 Å². The highest BCUT2D eigenvalue weighted by molar-refractivity contribution is 6.23. The SMILES string of the molecule is COc1ccc(C(=O)N(CC2CCCO2)C2CC(=O)N(c3ccc(OC(C)=O)cc3)C2=O)cc1. The van der Waals surface area contributed by atoms with Crippen LogP contribution in [0.1, 0.15) is 36.5 Å². The number of nitrogens with zero attached hydrogens (tertiary/aromatic N) is 2. The molecule has 0 N–H and O–H groups in total. The lowest BCUT2D eigenvalue weighted by atomic mass is 10.1. The second-order valence-electron chi connectivity index (χ2n) is 8.20. The van der Waals surface area contributed by atoms with Gasteiger partial charge in [-0.1, -0.05) is 0 Å². The summed E-state index contributed by atoms with van der Waals surface area (Å²) < 4.78 is 15.9. The summed E-state index contributed by atoms with van der Waals surface area (Å²) in [6.07, 6.45) is 1.34. The van der Waals surface area contributed by atoms with Crippen LogP contribution in [-0.2, 0) is 19.1 Å². The molecule has 0 aliphatic carbocycles. The predicted octanol–water partition coefficient (Wildman–Crippen LogP) is 2.57. The average Bonchev–Trinajstić information content (AvgIpc) is 3.45. The van der Waals surface area contributed by atoms with Crippen molar-refractivity contribution in [2.75, 3.05) is 25.2 Å². The number of amides is 3. The molecular formula is C25H26N2O7. The molecule has 2 atom stereocenters. The third-order valence-electron chi connectivity index (χ3n) is 5.88. The summed E-state index contributed by atoms with van der Waals surface area (Å²) in [5, 5.41) is 0. The van der Waals surface area contributed by atoms with Crippen LogP contribution in [-0.4, -0.2) is 61.0 Å². The average molecular weight is 466 g/mol. The number of methoxy groups -OCH3 is 1. The zero-order valence-corrected chi connectivity index (χ0v) is 19.1. The maximum atomic E-state index is 13.5. The fourth-order valence-electron chi connectivity index (χ4n) is 4.22. The van der Waals surface area contributed by atoms with E-state index in [0.29, 0.717) is 29.4 Å². The Bertz CT molecular complexity index is 1080. The molecule has 0 bridgehead atoms. The lowest BCUT2D eigenvalue weighted by Crippen LogP contribution is -2.48. The summed E-state index contributed by atoms with van der Waals surface area (Å²) in [6, 6.07) is 11.8. The van der Waals surface area contributed by atoms with Gasteiger partial charge in [0.1, 0.15) is 17.5 Å². The van der Waals surface area contributed by atoms with E-state index in [2.05, 4.69) is 0 Å².